The van der Waals surface area contributed by atoms with Gasteiger partial charge >= 0.3 is 0 Å². The van der Waals surface area contributed by atoms with Crippen LogP contribution in [0.15, 0.2) is 24.5 Å². The van der Waals surface area contributed by atoms with Gasteiger partial charge in [0.15, 0.2) is 0 Å². The van der Waals surface area contributed by atoms with Gasteiger partial charge in [-0.3, -0.25) is 9.78 Å². The molecule has 2 N–H and O–H groups in total. The lowest BCUT2D eigenvalue weighted by Crippen LogP contribution is -2.74. The third-order valence-electron chi connectivity index (χ3n) is 4.70. The maximum absolute atomic E-state index is 12.2. The summed E-state index contributed by atoms with van der Waals surface area (Å²) in [5, 5.41) is 12.8. The quantitative estimate of drug-likeness (QED) is 0.829. The Hall–Kier alpha value is -1.46. The third kappa shape index (κ3) is 2.94. The first-order valence-electron chi connectivity index (χ1n) is 7.37. The Morgan fingerprint density at radius 2 is 2.14 bits per heavy atom. The number of amides is 1. The van der Waals surface area contributed by atoms with Crippen LogP contribution in [0.1, 0.15) is 32.8 Å². The van der Waals surface area contributed by atoms with Gasteiger partial charge < -0.3 is 15.2 Å². The van der Waals surface area contributed by atoms with Gasteiger partial charge in [0.2, 0.25) is 5.91 Å². The normalized spacial score (nSPS) is 27.0. The highest BCUT2D eigenvalue weighted by atomic mass is 16.5. The summed E-state index contributed by atoms with van der Waals surface area (Å²) < 4.78 is 5.68. The number of carbonyl (C=O) groups is 1. The van der Waals surface area contributed by atoms with Crippen molar-refractivity contribution in [2.45, 2.75) is 45.3 Å². The molecule has 0 bridgehead atoms. The zero-order valence-corrected chi connectivity index (χ0v) is 12.9. The zero-order valence-electron chi connectivity index (χ0n) is 12.9. The topological polar surface area (TPSA) is 71.5 Å². The van der Waals surface area contributed by atoms with E-state index in [1.807, 2.05) is 32.9 Å². The fraction of sp³-hybridized carbons (Fsp3) is 0.625. The summed E-state index contributed by atoms with van der Waals surface area (Å²) in [6.45, 7) is 6.57. The summed E-state index contributed by atoms with van der Waals surface area (Å²) in [7, 11) is 0. The SMILES string of the molecule is CCO[C@H]1C[C@](CO)(NC(=O)Cc2ccncc2)C1(C)C. The zero-order chi connectivity index (χ0) is 15.5. The number of aliphatic hydroxyl groups excluding tert-OH is 1. The second-order valence-corrected chi connectivity index (χ2v) is 6.19. The number of rotatable bonds is 6. The van der Waals surface area contributed by atoms with Gasteiger partial charge in [0, 0.05) is 30.8 Å². The molecule has 1 fully saturated rings. The Morgan fingerprint density at radius 1 is 1.48 bits per heavy atom. The average Bonchev–Trinajstić information content (AvgIpc) is 2.46. The lowest BCUT2D eigenvalue weighted by molar-refractivity contribution is -0.180. The molecule has 1 amide bonds. The van der Waals surface area contributed by atoms with Crippen LogP contribution in [0.5, 0.6) is 0 Å². The van der Waals surface area contributed by atoms with Crippen molar-refractivity contribution in [3.05, 3.63) is 30.1 Å². The van der Waals surface area contributed by atoms with Crippen molar-refractivity contribution in [3.63, 3.8) is 0 Å². The van der Waals surface area contributed by atoms with Crippen molar-refractivity contribution >= 4 is 5.91 Å². The lowest BCUT2D eigenvalue weighted by atomic mass is 9.54. The van der Waals surface area contributed by atoms with Crippen molar-refractivity contribution in [1.29, 1.82) is 0 Å². The predicted octanol–water partition coefficient (Wildman–Crippen LogP) is 1.31. The first-order valence-corrected chi connectivity index (χ1v) is 7.37. The summed E-state index contributed by atoms with van der Waals surface area (Å²) in [5.74, 6) is -0.0849. The summed E-state index contributed by atoms with van der Waals surface area (Å²) in [5.41, 5.74) is 0.0249. The van der Waals surface area contributed by atoms with Gasteiger partial charge in [-0.15, -0.1) is 0 Å². The van der Waals surface area contributed by atoms with E-state index in [2.05, 4.69) is 10.3 Å². The molecule has 0 unspecified atom stereocenters. The highest BCUT2D eigenvalue weighted by molar-refractivity contribution is 5.79. The van der Waals surface area contributed by atoms with Crippen molar-refractivity contribution in [3.8, 4) is 0 Å². The molecule has 1 aliphatic carbocycles. The first-order chi connectivity index (χ1) is 9.95. The predicted molar refractivity (Wildman–Crippen MR) is 79.7 cm³/mol. The van der Waals surface area contributed by atoms with Crippen LogP contribution in [-0.2, 0) is 16.0 Å². The Morgan fingerprint density at radius 3 is 2.67 bits per heavy atom. The first kappa shape index (κ1) is 15.9. The third-order valence-corrected chi connectivity index (χ3v) is 4.70. The molecule has 2 atom stereocenters. The number of carbonyl (C=O) groups excluding carboxylic acids is 1. The molecule has 1 heterocycles. The van der Waals surface area contributed by atoms with E-state index in [1.54, 1.807) is 12.4 Å². The van der Waals surface area contributed by atoms with Gasteiger partial charge in [0.25, 0.3) is 0 Å². The summed E-state index contributed by atoms with van der Waals surface area (Å²) in [4.78, 5) is 16.2. The maximum atomic E-state index is 12.2. The molecule has 2 rings (SSSR count). The van der Waals surface area contributed by atoms with Crippen LogP contribution in [0, 0.1) is 5.41 Å². The number of nitrogens with zero attached hydrogens (tertiary/aromatic N) is 1. The smallest absolute Gasteiger partial charge is 0.224 e. The molecule has 5 nitrogen and oxygen atoms in total. The Bertz CT molecular complexity index is 490. The van der Waals surface area contributed by atoms with Crippen LogP contribution in [0.25, 0.3) is 0 Å². The van der Waals surface area contributed by atoms with E-state index in [1.165, 1.54) is 0 Å². The number of pyridine rings is 1. The fourth-order valence-corrected chi connectivity index (χ4v) is 3.00. The Kier molecular flexibility index (Phi) is 4.64. The fourth-order valence-electron chi connectivity index (χ4n) is 3.00. The minimum absolute atomic E-state index is 0.0656. The second kappa shape index (κ2) is 6.12. The summed E-state index contributed by atoms with van der Waals surface area (Å²) >= 11 is 0. The molecular weight excluding hydrogens is 268 g/mol. The number of aliphatic hydroxyl groups is 1. The van der Waals surface area contributed by atoms with Gasteiger partial charge in [-0.05, 0) is 24.6 Å². The standard InChI is InChI=1S/C16H24N2O3/c1-4-21-13-10-16(11-19,15(13,2)3)18-14(20)9-12-5-7-17-8-6-12/h5-8,13,19H,4,9-11H2,1-3H3,(H,18,20)/t13-,16+/m0/s1. The lowest BCUT2D eigenvalue weighted by Gasteiger charge is -2.60. The number of hydrogen-bond acceptors (Lipinski definition) is 4. The molecule has 0 aliphatic heterocycles. The molecule has 0 aromatic carbocycles. The minimum atomic E-state index is -0.600. The van der Waals surface area contributed by atoms with Gasteiger partial charge in [-0.1, -0.05) is 13.8 Å². The highest BCUT2D eigenvalue weighted by Gasteiger charge is 2.61. The van der Waals surface area contributed by atoms with Crippen molar-refractivity contribution in [2.24, 2.45) is 5.41 Å². The van der Waals surface area contributed by atoms with E-state index < -0.39 is 5.54 Å². The molecule has 0 saturated heterocycles. The van der Waals surface area contributed by atoms with Crippen LogP contribution < -0.4 is 5.32 Å². The largest absolute Gasteiger partial charge is 0.394 e. The molecule has 1 saturated carbocycles. The average molecular weight is 292 g/mol. The van der Waals surface area contributed by atoms with Gasteiger partial charge in [0.1, 0.15) is 0 Å². The van der Waals surface area contributed by atoms with E-state index in [0.29, 0.717) is 19.4 Å². The van der Waals surface area contributed by atoms with Gasteiger partial charge in [-0.25, -0.2) is 0 Å². The number of aromatic nitrogens is 1. The maximum Gasteiger partial charge on any atom is 0.224 e. The van der Waals surface area contributed by atoms with Crippen molar-refractivity contribution in [2.75, 3.05) is 13.2 Å². The number of hydrogen-bond donors (Lipinski definition) is 2. The molecule has 1 aromatic rings. The Labute approximate surface area is 125 Å². The molecule has 5 heteroatoms. The van der Waals surface area contributed by atoms with E-state index in [9.17, 15) is 9.90 Å². The van der Waals surface area contributed by atoms with Gasteiger partial charge in [-0.2, -0.15) is 0 Å². The molecule has 1 aliphatic rings. The van der Waals surface area contributed by atoms with Crippen LogP contribution in [0.4, 0.5) is 0 Å². The van der Waals surface area contributed by atoms with E-state index >= 15 is 0 Å². The second-order valence-electron chi connectivity index (χ2n) is 6.19. The van der Waals surface area contributed by atoms with Crippen LogP contribution in [0.3, 0.4) is 0 Å². The van der Waals surface area contributed by atoms with Crippen LogP contribution >= 0.6 is 0 Å². The molecule has 0 radical (unpaired) electrons. The highest BCUT2D eigenvalue weighted by Crippen LogP contribution is 2.51. The van der Waals surface area contributed by atoms with E-state index in [-0.39, 0.29) is 24.0 Å². The summed E-state index contributed by atoms with van der Waals surface area (Å²) in [6.07, 6.45) is 4.34. The van der Waals surface area contributed by atoms with E-state index in [4.69, 9.17) is 4.74 Å². The molecule has 1 aromatic heterocycles. The van der Waals surface area contributed by atoms with E-state index in [0.717, 1.165) is 5.56 Å². The van der Waals surface area contributed by atoms with Crippen molar-refractivity contribution < 1.29 is 14.6 Å². The monoisotopic (exact) mass is 292 g/mol. The van der Waals surface area contributed by atoms with Crippen LogP contribution in [-0.4, -0.2) is 40.9 Å². The minimum Gasteiger partial charge on any atom is -0.394 e. The molecule has 116 valence electrons. The Balaban J connectivity index is 2.01. The van der Waals surface area contributed by atoms with Crippen molar-refractivity contribution in [1.82, 2.24) is 10.3 Å². The summed E-state index contributed by atoms with van der Waals surface area (Å²) in [6, 6.07) is 3.64. The number of ether oxygens (including phenoxy) is 1. The molecular formula is C16H24N2O3. The van der Waals surface area contributed by atoms with Gasteiger partial charge in [0.05, 0.1) is 24.7 Å². The molecule has 0 spiro atoms. The number of nitrogens with one attached hydrogen (secondary N) is 1. The van der Waals surface area contributed by atoms with Crippen LogP contribution in [0.2, 0.25) is 0 Å². The molecule has 21 heavy (non-hydrogen) atoms.